The zero-order valence-electron chi connectivity index (χ0n) is 10.5. The van der Waals surface area contributed by atoms with Gasteiger partial charge in [-0.05, 0) is 32.2 Å². The molecule has 1 saturated heterocycles. The maximum Gasteiger partial charge on any atom is 0.138 e. The fraction of sp³-hybridized carbons (Fsp3) is 0.833. The Hall–Kier alpha value is -0.900. The zero-order valence-corrected chi connectivity index (χ0v) is 10.5. The molecule has 1 fully saturated rings. The fourth-order valence-corrected chi connectivity index (χ4v) is 2.38. The van der Waals surface area contributed by atoms with Crippen LogP contribution in [0.15, 0.2) is 6.33 Å². The number of hydrogen-bond acceptors (Lipinski definition) is 3. The van der Waals surface area contributed by atoms with Crippen molar-refractivity contribution >= 4 is 0 Å². The minimum Gasteiger partial charge on any atom is -0.311 e. The summed E-state index contributed by atoms with van der Waals surface area (Å²) in [5, 5.41) is 7.88. The smallest absolute Gasteiger partial charge is 0.138 e. The number of nitrogens with zero attached hydrogens (tertiary/aromatic N) is 3. The average molecular weight is 222 g/mol. The van der Waals surface area contributed by atoms with Crippen molar-refractivity contribution in [1.82, 2.24) is 20.1 Å². The first-order valence-corrected chi connectivity index (χ1v) is 6.21. The first-order valence-electron chi connectivity index (χ1n) is 6.21. The van der Waals surface area contributed by atoms with Crippen molar-refractivity contribution in [2.24, 2.45) is 5.92 Å². The molecule has 16 heavy (non-hydrogen) atoms. The summed E-state index contributed by atoms with van der Waals surface area (Å²) in [5.74, 6) is 1.73. The second-order valence-corrected chi connectivity index (χ2v) is 5.52. The predicted molar refractivity (Wildman–Crippen MR) is 64.2 cm³/mol. The van der Waals surface area contributed by atoms with Crippen LogP contribution in [0.5, 0.6) is 0 Å². The van der Waals surface area contributed by atoms with Gasteiger partial charge in [-0.15, -0.1) is 0 Å². The highest BCUT2D eigenvalue weighted by Crippen LogP contribution is 2.22. The minimum atomic E-state index is 0.224. The molecule has 1 unspecified atom stereocenters. The molecule has 2 rings (SSSR count). The van der Waals surface area contributed by atoms with Crippen LogP contribution >= 0.6 is 0 Å². The predicted octanol–water partition coefficient (Wildman–Crippen LogP) is 1.62. The van der Waals surface area contributed by atoms with Crippen molar-refractivity contribution in [3.63, 3.8) is 0 Å². The first-order chi connectivity index (χ1) is 7.59. The van der Waals surface area contributed by atoms with E-state index in [0.29, 0.717) is 5.92 Å². The lowest BCUT2D eigenvalue weighted by molar-refractivity contribution is 0.380. The zero-order chi connectivity index (χ0) is 11.6. The van der Waals surface area contributed by atoms with Crippen LogP contribution in [0.3, 0.4) is 0 Å². The van der Waals surface area contributed by atoms with E-state index < -0.39 is 0 Å². The van der Waals surface area contributed by atoms with Crippen molar-refractivity contribution in [2.75, 3.05) is 6.54 Å². The second kappa shape index (κ2) is 4.53. The van der Waals surface area contributed by atoms with Gasteiger partial charge in [0.15, 0.2) is 0 Å². The van der Waals surface area contributed by atoms with E-state index in [0.717, 1.165) is 25.3 Å². The lowest BCUT2D eigenvalue weighted by Gasteiger charge is -2.24. The molecule has 2 heterocycles. The molecular weight excluding hydrogens is 200 g/mol. The molecule has 0 aliphatic carbocycles. The van der Waals surface area contributed by atoms with Crippen LogP contribution in [0, 0.1) is 5.92 Å². The lowest BCUT2D eigenvalue weighted by Crippen LogP contribution is -2.39. The number of aromatic nitrogens is 3. The fourth-order valence-electron chi connectivity index (χ4n) is 2.38. The van der Waals surface area contributed by atoms with Gasteiger partial charge in [-0.3, -0.25) is 0 Å². The highest BCUT2D eigenvalue weighted by atomic mass is 15.3. The van der Waals surface area contributed by atoms with Crippen LogP contribution < -0.4 is 5.32 Å². The monoisotopic (exact) mass is 222 g/mol. The molecule has 0 amide bonds. The molecule has 1 aromatic rings. The van der Waals surface area contributed by atoms with Gasteiger partial charge in [0.1, 0.15) is 12.2 Å². The minimum absolute atomic E-state index is 0.224. The lowest BCUT2D eigenvalue weighted by atomic mass is 9.95. The number of hydrogen-bond donors (Lipinski definition) is 1. The Kier molecular flexibility index (Phi) is 3.28. The molecule has 0 spiro atoms. The third kappa shape index (κ3) is 2.61. The molecule has 1 aliphatic heterocycles. The van der Waals surface area contributed by atoms with Crippen molar-refractivity contribution in [1.29, 1.82) is 0 Å². The van der Waals surface area contributed by atoms with Crippen LogP contribution in [0.2, 0.25) is 0 Å². The maximum atomic E-state index is 4.39. The van der Waals surface area contributed by atoms with Gasteiger partial charge in [0.25, 0.3) is 0 Å². The van der Waals surface area contributed by atoms with E-state index in [9.17, 15) is 0 Å². The van der Waals surface area contributed by atoms with E-state index in [1.54, 1.807) is 6.33 Å². The van der Waals surface area contributed by atoms with E-state index in [2.05, 4.69) is 40.9 Å². The van der Waals surface area contributed by atoms with Crippen LogP contribution in [-0.2, 0) is 13.0 Å². The Morgan fingerprint density at radius 3 is 3.00 bits per heavy atom. The summed E-state index contributed by atoms with van der Waals surface area (Å²) in [6.07, 6.45) is 5.17. The quantitative estimate of drug-likeness (QED) is 0.842. The van der Waals surface area contributed by atoms with Crippen LogP contribution in [0.1, 0.15) is 39.4 Å². The Morgan fingerprint density at radius 2 is 2.38 bits per heavy atom. The molecule has 1 aliphatic rings. The highest BCUT2D eigenvalue weighted by Gasteiger charge is 2.29. The molecular formula is C12H22N4. The second-order valence-electron chi connectivity index (χ2n) is 5.52. The molecule has 1 aromatic heterocycles. The van der Waals surface area contributed by atoms with Gasteiger partial charge in [-0.2, -0.15) is 5.10 Å². The average Bonchev–Trinajstić information content (AvgIpc) is 2.77. The topological polar surface area (TPSA) is 42.7 Å². The number of nitrogens with one attached hydrogen (secondary N) is 1. The normalized spacial score (nSPS) is 25.5. The van der Waals surface area contributed by atoms with Gasteiger partial charge in [0, 0.05) is 18.5 Å². The summed E-state index contributed by atoms with van der Waals surface area (Å²) in [6, 6.07) is 0. The van der Waals surface area contributed by atoms with E-state index >= 15 is 0 Å². The standard InChI is InChI=1S/C12H22N4/c1-10(2)8-16-11(13-9-15-16)7-12(3)5-4-6-14-12/h9-10,14H,4-8H2,1-3H3. The summed E-state index contributed by atoms with van der Waals surface area (Å²) in [6.45, 7) is 8.80. The summed E-state index contributed by atoms with van der Waals surface area (Å²) in [4.78, 5) is 4.39. The van der Waals surface area contributed by atoms with E-state index in [4.69, 9.17) is 0 Å². The van der Waals surface area contributed by atoms with Gasteiger partial charge in [-0.25, -0.2) is 9.67 Å². The summed E-state index contributed by atoms with van der Waals surface area (Å²) in [5.41, 5.74) is 0.224. The van der Waals surface area contributed by atoms with Gasteiger partial charge in [0.2, 0.25) is 0 Å². The SMILES string of the molecule is CC(C)Cn1ncnc1CC1(C)CCCN1. The maximum absolute atomic E-state index is 4.39. The Labute approximate surface area is 97.5 Å². The van der Waals surface area contributed by atoms with E-state index in [1.807, 2.05) is 0 Å². The third-order valence-corrected chi connectivity index (χ3v) is 3.24. The number of rotatable bonds is 4. The van der Waals surface area contributed by atoms with Gasteiger partial charge in [-0.1, -0.05) is 13.8 Å². The largest absolute Gasteiger partial charge is 0.311 e. The Bertz CT molecular complexity index is 337. The Balaban J connectivity index is 2.06. The molecule has 0 aromatic carbocycles. The molecule has 4 nitrogen and oxygen atoms in total. The molecule has 4 heteroatoms. The molecule has 90 valence electrons. The molecule has 1 N–H and O–H groups in total. The first kappa shape index (κ1) is 11.6. The molecule has 1 atom stereocenters. The molecule has 0 bridgehead atoms. The summed E-state index contributed by atoms with van der Waals surface area (Å²) in [7, 11) is 0. The van der Waals surface area contributed by atoms with Crippen molar-refractivity contribution in [2.45, 2.75) is 52.1 Å². The van der Waals surface area contributed by atoms with Gasteiger partial charge in [0.05, 0.1) is 0 Å². The highest BCUT2D eigenvalue weighted by molar-refractivity contribution is 4.99. The van der Waals surface area contributed by atoms with Crippen LogP contribution in [-0.4, -0.2) is 26.8 Å². The molecule has 0 radical (unpaired) electrons. The Morgan fingerprint density at radius 1 is 1.56 bits per heavy atom. The third-order valence-electron chi connectivity index (χ3n) is 3.24. The van der Waals surface area contributed by atoms with Crippen LogP contribution in [0.4, 0.5) is 0 Å². The van der Waals surface area contributed by atoms with Crippen molar-refractivity contribution in [3.05, 3.63) is 12.2 Å². The van der Waals surface area contributed by atoms with E-state index in [1.165, 1.54) is 12.8 Å². The summed E-state index contributed by atoms with van der Waals surface area (Å²) < 4.78 is 2.05. The van der Waals surface area contributed by atoms with Crippen molar-refractivity contribution < 1.29 is 0 Å². The summed E-state index contributed by atoms with van der Waals surface area (Å²) >= 11 is 0. The van der Waals surface area contributed by atoms with E-state index in [-0.39, 0.29) is 5.54 Å². The van der Waals surface area contributed by atoms with Gasteiger partial charge >= 0.3 is 0 Å². The van der Waals surface area contributed by atoms with Crippen molar-refractivity contribution in [3.8, 4) is 0 Å². The molecule has 0 saturated carbocycles. The van der Waals surface area contributed by atoms with Crippen LogP contribution in [0.25, 0.3) is 0 Å². The van der Waals surface area contributed by atoms with Gasteiger partial charge < -0.3 is 5.32 Å².